The molecule has 3 rings (SSSR count). The minimum Gasteiger partial charge on any atom is -0.486 e. The van der Waals surface area contributed by atoms with E-state index < -0.39 is 11.9 Å². The number of ether oxygens (including phenoxy) is 2. The van der Waals surface area contributed by atoms with Crippen molar-refractivity contribution in [3.8, 4) is 11.5 Å². The van der Waals surface area contributed by atoms with E-state index in [1.807, 2.05) is 0 Å². The van der Waals surface area contributed by atoms with Crippen LogP contribution >= 0.6 is 11.6 Å². The van der Waals surface area contributed by atoms with Gasteiger partial charge in [0, 0.05) is 11.8 Å². The van der Waals surface area contributed by atoms with Crippen LogP contribution in [0.1, 0.15) is 17.2 Å². The summed E-state index contributed by atoms with van der Waals surface area (Å²) >= 11 is 6.10. The quantitative estimate of drug-likeness (QED) is 0.925. The Labute approximate surface area is 119 Å². The van der Waals surface area contributed by atoms with Crippen molar-refractivity contribution in [2.24, 2.45) is 0 Å². The van der Waals surface area contributed by atoms with Gasteiger partial charge in [0.25, 0.3) is 0 Å². The van der Waals surface area contributed by atoms with Crippen LogP contribution in [0.25, 0.3) is 0 Å². The van der Waals surface area contributed by atoms with Crippen molar-refractivity contribution in [3.63, 3.8) is 0 Å². The minimum atomic E-state index is -1.15. The van der Waals surface area contributed by atoms with E-state index in [4.69, 9.17) is 21.1 Å². The lowest BCUT2D eigenvalue weighted by atomic mass is 10.0. The molecule has 0 spiro atoms. The number of benzene rings is 1. The molecule has 0 fully saturated rings. The van der Waals surface area contributed by atoms with E-state index in [2.05, 4.69) is 4.98 Å². The molecule has 0 bridgehead atoms. The largest absolute Gasteiger partial charge is 0.486 e. The highest BCUT2D eigenvalue weighted by atomic mass is 35.5. The Kier molecular flexibility index (Phi) is 3.46. The predicted molar refractivity (Wildman–Crippen MR) is 70.7 cm³/mol. The molecule has 20 heavy (non-hydrogen) atoms. The number of pyridine rings is 1. The highest BCUT2D eigenvalue weighted by molar-refractivity contribution is 6.32. The molecule has 1 aromatic heterocycles. The molecule has 0 amide bonds. The van der Waals surface area contributed by atoms with Crippen molar-refractivity contribution in [1.29, 1.82) is 0 Å². The monoisotopic (exact) mass is 295 g/mol. The van der Waals surface area contributed by atoms with Crippen LogP contribution in [0.4, 0.5) is 4.39 Å². The van der Waals surface area contributed by atoms with Gasteiger partial charge in [0.1, 0.15) is 25.1 Å². The first-order valence-electron chi connectivity index (χ1n) is 6.03. The Bertz CT molecular complexity index is 650. The zero-order chi connectivity index (χ0) is 14.1. The Hall–Kier alpha value is -1.85. The second kappa shape index (κ2) is 5.26. The molecular formula is C14H11ClFNO3. The third kappa shape index (κ3) is 2.30. The van der Waals surface area contributed by atoms with Gasteiger partial charge < -0.3 is 14.6 Å². The Morgan fingerprint density at radius 2 is 2.10 bits per heavy atom. The summed E-state index contributed by atoms with van der Waals surface area (Å²) in [6.07, 6.45) is 1.32. The smallest absolute Gasteiger partial charge is 0.179 e. The lowest BCUT2D eigenvalue weighted by Gasteiger charge is -2.21. The van der Waals surface area contributed by atoms with Gasteiger partial charge in [-0.05, 0) is 23.8 Å². The van der Waals surface area contributed by atoms with Gasteiger partial charge in [-0.1, -0.05) is 11.6 Å². The number of aromatic nitrogens is 1. The average Bonchev–Trinajstić information content (AvgIpc) is 2.47. The maximum Gasteiger partial charge on any atom is 0.179 e. The SMILES string of the molecule is OC(c1cc(Cl)c2c(c1)OCCO2)c1ccncc1F. The minimum absolute atomic E-state index is 0.132. The van der Waals surface area contributed by atoms with Crippen molar-refractivity contribution >= 4 is 11.6 Å². The molecule has 2 aromatic rings. The zero-order valence-corrected chi connectivity index (χ0v) is 11.1. The highest BCUT2D eigenvalue weighted by Gasteiger charge is 2.21. The zero-order valence-electron chi connectivity index (χ0n) is 10.3. The topological polar surface area (TPSA) is 51.6 Å². The van der Waals surface area contributed by atoms with Crippen LogP contribution in [0.15, 0.2) is 30.6 Å². The van der Waals surface area contributed by atoms with Gasteiger partial charge >= 0.3 is 0 Å². The molecule has 1 aliphatic rings. The first kappa shape index (κ1) is 13.1. The Morgan fingerprint density at radius 1 is 1.30 bits per heavy atom. The molecule has 1 atom stereocenters. The van der Waals surface area contributed by atoms with Crippen LogP contribution in [-0.4, -0.2) is 23.3 Å². The molecule has 104 valence electrons. The first-order valence-corrected chi connectivity index (χ1v) is 6.41. The lowest BCUT2D eigenvalue weighted by molar-refractivity contribution is 0.169. The number of hydrogen-bond donors (Lipinski definition) is 1. The predicted octanol–water partition coefficient (Wildman–Crippen LogP) is 2.73. The van der Waals surface area contributed by atoms with Gasteiger partial charge in [-0.15, -0.1) is 0 Å². The lowest BCUT2D eigenvalue weighted by Crippen LogP contribution is -2.16. The summed E-state index contributed by atoms with van der Waals surface area (Å²) in [5.41, 5.74) is 0.567. The van der Waals surface area contributed by atoms with E-state index in [1.165, 1.54) is 12.3 Å². The fraction of sp³-hybridized carbons (Fsp3) is 0.214. The summed E-state index contributed by atoms with van der Waals surface area (Å²) in [4.78, 5) is 3.65. The normalized spacial score (nSPS) is 14.9. The van der Waals surface area contributed by atoms with E-state index in [9.17, 15) is 9.50 Å². The van der Waals surface area contributed by atoms with E-state index in [0.717, 1.165) is 6.20 Å². The molecule has 0 aliphatic carbocycles. The highest BCUT2D eigenvalue weighted by Crippen LogP contribution is 2.40. The molecule has 0 saturated heterocycles. The third-order valence-corrected chi connectivity index (χ3v) is 3.31. The molecule has 4 nitrogen and oxygen atoms in total. The van der Waals surface area contributed by atoms with Gasteiger partial charge in [-0.3, -0.25) is 4.98 Å². The number of nitrogens with zero attached hydrogens (tertiary/aromatic N) is 1. The van der Waals surface area contributed by atoms with Crippen molar-refractivity contribution in [2.75, 3.05) is 13.2 Å². The number of fused-ring (bicyclic) bond motifs is 1. The summed E-state index contributed by atoms with van der Waals surface area (Å²) < 4.78 is 24.5. The van der Waals surface area contributed by atoms with Gasteiger partial charge in [0.2, 0.25) is 0 Å². The summed E-state index contributed by atoms with van der Waals surface area (Å²) in [6.45, 7) is 0.833. The molecule has 1 aromatic carbocycles. The van der Waals surface area contributed by atoms with Crippen molar-refractivity contribution in [2.45, 2.75) is 6.10 Å². The van der Waals surface area contributed by atoms with Gasteiger partial charge in [0.15, 0.2) is 11.5 Å². The molecule has 0 radical (unpaired) electrons. The van der Waals surface area contributed by atoms with E-state index >= 15 is 0 Å². The fourth-order valence-corrected chi connectivity index (χ4v) is 2.35. The summed E-state index contributed by atoms with van der Waals surface area (Å²) in [5.74, 6) is 0.322. The maximum atomic E-state index is 13.7. The van der Waals surface area contributed by atoms with Crippen LogP contribution < -0.4 is 9.47 Å². The van der Waals surface area contributed by atoms with Gasteiger partial charge in [-0.2, -0.15) is 0 Å². The fourth-order valence-electron chi connectivity index (χ4n) is 2.08. The first-order chi connectivity index (χ1) is 9.66. The van der Waals surface area contributed by atoms with E-state index in [1.54, 1.807) is 12.1 Å². The summed E-state index contributed by atoms with van der Waals surface area (Å²) in [5, 5.41) is 10.6. The van der Waals surface area contributed by atoms with Crippen LogP contribution in [0.3, 0.4) is 0 Å². The van der Waals surface area contributed by atoms with Gasteiger partial charge in [-0.25, -0.2) is 4.39 Å². The molecule has 0 saturated carbocycles. The van der Waals surface area contributed by atoms with Crippen LogP contribution in [0.2, 0.25) is 5.02 Å². The average molecular weight is 296 g/mol. The van der Waals surface area contributed by atoms with Crippen molar-refractivity contribution < 1.29 is 19.0 Å². The van der Waals surface area contributed by atoms with Crippen LogP contribution in [-0.2, 0) is 0 Å². The van der Waals surface area contributed by atoms with Crippen molar-refractivity contribution in [3.05, 3.63) is 52.6 Å². The van der Waals surface area contributed by atoms with E-state index in [0.29, 0.717) is 35.3 Å². The standard InChI is InChI=1S/C14H11ClFNO3/c15-10-5-8(6-12-14(10)20-4-3-19-12)13(18)9-1-2-17-7-11(9)16/h1-2,5-7,13,18H,3-4H2. The van der Waals surface area contributed by atoms with Crippen LogP contribution in [0, 0.1) is 5.82 Å². The Morgan fingerprint density at radius 3 is 2.90 bits per heavy atom. The van der Waals surface area contributed by atoms with E-state index in [-0.39, 0.29) is 5.56 Å². The Balaban J connectivity index is 2.02. The molecule has 1 aliphatic heterocycles. The summed E-state index contributed by atoms with van der Waals surface area (Å²) in [6, 6.07) is 4.56. The second-order valence-electron chi connectivity index (χ2n) is 4.33. The number of aliphatic hydroxyl groups excluding tert-OH is 1. The third-order valence-electron chi connectivity index (χ3n) is 3.03. The van der Waals surface area contributed by atoms with Gasteiger partial charge in [0.05, 0.1) is 11.2 Å². The maximum absolute atomic E-state index is 13.7. The number of hydrogen-bond acceptors (Lipinski definition) is 4. The number of halogens is 2. The molecular weight excluding hydrogens is 285 g/mol. The number of rotatable bonds is 2. The molecule has 6 heteroatoms. The number of aliphatic hydroxyl groups is 1. The molecule has 1 unspecified atom stereocenters. The van der Waals surface area contributed by atoms with Crippen molar-refractivity contribution in [1.82, 2.24) is 4.98 Å². The second-order valence-corrected chi connectivity index (χ2v) is 4.73. The van der Waals surface area contributed by atoms with Crippen LogP contribution in [0.5, 0.6) is 11.5 Å². The molecule has 2 heterocycles. The molecule has 1 N–H and O–H groups in total. The summed E-state index contributed by atoms with van der Waals surface area (Å²) in [7, 11) is 0.